The lowest BCUT2D eigenvalue weighted by Crippen LogP contribution is -2.24. The highest BCUT2D eigenvalue weighted by atomic mass is 35.5. The minimum Gasteiger partial charge on any atom is -0.366 e. The summed E-state index contributed by atoms with van der Waals surface area (Å²) in [4.78, 5) is 23.5. The number of nitrogens with two attached hydrogens (primary N) is 1. The van der Waals surface area contributed by atoms with Crippen LogP contribution in [0.25, 0.3) is 10.9 Å². The zero-order valence-corrected chi connectivity index (χ0v) is 17.4. The number of carbonyl (C=O) groups excluding carboxylic acids is 2. The van der Waals surface area contributed by atoms with Gasteiger partial charge < -0.3 is 15.6 Å². The van der Waals surface area contributed by atoms with Crippen LogP contribution in [0.2, 0.25) is 5.02 Å². The lowest BCUT2D eigenvalue weighted by molar-refractivity contribution is 0.0941. The van der Waals surface area contributed by atoms with E-state index in [4.69, 9.17) is 17.3 Å². The highest BCUT2D eigenvalue weighted by molar-refractivity contribution is 6.31. The summed E-state index contributed by atoms with van der Waals surface area (Å²) >= 11 is 6.01. The number of aromatic nitrogens is 1. The van der Waals surface area contributed by atoms with Crippen molar-refractivity contribution < 1.29 is 9.59 Å². The average molecular weight is 400 g/mol. The highest BCUT2D eigenvalue weighted by Gasteiger charge is 2.13. The number of nitrogens with zero attached hydrogens (tertiary/aromatic N) is 1. The Labute approximate surface area is 170 Å². The first-order valence-electron chi connectivity index (χ1n) is 9.11. The van der Waals surface area contributed by atoms with E-state index in [1.54, 1.807) is 30.3 Å². The molecule has 28 heavy (non-hydrogen) atoms. The van der Waals surface area contributed by atoms with Crippen molar-refractivity contribution in [1.29, 1.82) is 0 Å². The largest absolute Gasteiger partial charge is 0.366 e. The molecule has 3 N–H and O–H groups in total. The molecule has 0 unspecified atom stereocenters. The van der Waals surface area contributed by atoms with Crippen LogP contribution in [0.4, 0.5) is 0 Å². The molecule has 3 aromatic rings. The number of halogens is 1. The summed E-state index contributed by atoms with van der Waals surface area (Å²) in [6.07, 6.45) is 0. The zero-order valence-electron chi connectivity index (χ0n) is 16.6. The van der Waals surface area contributed by atoms with Crippen LogP contribution in [0.3, 0.4) is 0 Å². The quantitative estimate of drug-likeness (QED) is 0.676. The Hall–Kier alpha value is -2.79. The van der Waals surface area contributed by atoms with Gasteiger partial charge in [0, 0.05) is 35.1 Å². The predicted octanol–water partition coefficient (Wildman–Crippen LogP) is 4.52. The van der Waals surface area contributed by atoms with Crippen LogP contribution < -0.4 is 11.1 Å². The fraction of sp³-hybridized carbons (Fsp3) is 0.273. The van der Waals surface area contributed by atoms with E-state index in [0.717, 1.165) is 22.4 Å². The van der Waals surface area contributed by atoms with Crippen LogP contribution in [0.1, 0.15) is 47.2 Å². The molecule has 2 amide bonds. The third-order valence-electron chi connectivity index (χ3n) is 3.93. The molecular weight excluding hydrogens is 374 g/mol. The summed E-state index contributed by atoms with van der Waals surface area (Å²) in [5, 5.41) is 4.46. The third kappa shape index (κ3) is 5.60. The minimum atomic E-state index is -0.472. The summed E-state index contributed by atoms with van der Waals surface area (Å²) in [5.74, 6) is 0.184. The molecule has 0 atom stereocenters. The number of rotatable bonds is 4. The summed E-state index contributed by atoms with van der Waals surface area (Å²) in [5.41, 5.74) is 7.99. The number of nitrogens with one attached hydrogen (secondary N) is 1. The van der Waals surface area contributed by atoms with Gasteiger partial charge in [-0.25, -0.2) is 0 Å². The molecule has 0 saturated heterocycles. The van der Waals surface area contributed by atoms with Gasteiger partial charge in [-0.15, -0.1) is 0 Å². The van der Waals surface area contributed by atoms with E-state index in [0.29, 0.717) is 22.8 Å². The van der Waals surface area contributed by atoms with Gasteiger partial charge in [0.1, 0.15) is 5.69 Å². The molecule has 0 aliphatic rings. The number of primary amides is 1. The molecule has 0 aliphatic heterocycles. The van der Waals surface area contributed by atoms with Gasteiger partial charge in [0.05, 0.1) is 0 Å². The molecule has 2 aromatic carbocycles. The summed E-state index contributed by atoms with van der Waals surface area (Å²) < 4.78 is 1.81. The number of amides is 2. The summed E-state index contributed by atoms with van der Waals surface area (Å²) in [6.45, 7) is 6.86. The second-order valence-corrected chi connectivity index (χ2v) is 7.70. The number of carbonyl (C=O) groups is 2. The van der Waals surface area contributed by atoms with E-state index >= 15 is 0 Å². The molecule has 148 valence electrons. The number of hydrogen-bond donors (Lipinski definition) is 2. The van der Waals surface area contributed by atoms with Gasteiger partial charge in [0.15, 0.2) is 0 Å². The summed E-state index contributed by atoms with van der Waals surface area (Å²) in [6, 6.07) is 14.2. The Morgan fingerprint density at radius 1 is 1.07 bits per heavy atom. The topological polar surface area (TPSA) is 77.1 Å². The van der Waals surface area contributed by atoms with Crippen LogP contribution in [-0.4, -0.2) is 16.4 Å². The van der Waals surface area contributed by atoms with Crippen molar-refractivity contribution in [1.82, 2.24) is 9.88 Å². The van der Waals surface area contributed by atoms with Crippen molar-refractivity contribution in [2.24, 2.45) is 18.7 Å². The van der Waals surface area contributed by atoms with Crippen LogP contribution in [0, 0.1) is 5.92 Å². The van der Waals surface area contributed by atoms with Crippen molar-refractivity contribution in [3.05, 3.63) is 70.4 Å². The number of fused-ring (bicyclic) bond motifs is 1. The lowest BCUT2D eigenvalue weighted by Gasteiger charge is -2.07. The maximum absolute atomic E-state index is 12.4. The first-order chi connectivity index (χ1) is 13.2. The van der Waals surface area contributed by atoms with E-state index < -0.39 is 5.91 Å². The second-order valence-electron chi connectivity index (χ2n) is 7.27. The maximum Gasteiger partial charge on any atom is 0.268 e. The van der Waals surface area contributed by atoms with Crippen LogP contribution in [-0.2, 0) is 13.6 Å². The first kappa shape index (κ1) is 21.5. The molecule has 0 fully saturated rings. The number of benzene rings is 2. The van der Waals surface area contributed by atoms with Crippen LogP contribution in [0.5, 0.6) is 0 Å². The van der Waals surface area contributed by atoms with Crippen molar-refractivity contribution in [2.45, 2.75) is 27.3 Å². The monoisotopic (exact) mass is 399 g/mol. The molecule has 0 bridgehead atoms. The van der Waals surface area contributed by atoms with E-state index in [2.05, 4.69) is 26.1 Å². The number of hydrogen-bond acceptors (Lipinski definition) is 2. The molecule has 6 heteroatoms. The molecule has 0 aliphatic carbocycles. The Bertz CT molecular complexity index is 973. The SMILES string of the molecule is CC(C)C.Cn1c(C(=O)NCc2ccc(C(N)=O)cc2)cc2ccc(Cl)cc21. The average Bonchev–Trinajstić information content (AvgIpc) is 2.96. The minimum absolute atomic E-state index is 0.177. The van der Waals surface area contributed by atoms with Crippen LogP contribution in [0.15, 0.2) is 48.5 Å². The van der Waals surface area contributed by atoms with Gasteiger partial charge in [-0.3, -0.25) is 9.59 Å². The van der Waals surface area contributed by atoms with E-state index in [1.807, 2.05) is 29.8 Å². The Morgan fingerprint density at radius 2 is 1.68 bits per heavy atom. The Kier molecular flexibility index (Phi) is 7.24. The van der Waals surface area contributed by atoms with E-state index in [1.165, 1.54) is 0 Å². The van der Waals surface area contributed by atoms with Gasteiger partial charge in [-0.2, -0.15) is 0 Å². The van der Waals surface area contributed by atoms with E-state index in [9.17, 15) is 9.59 Å². The fourth-order valence-electron chi connectivity index (χ4n) is 2.58. The molecule has 3 rings (SSSR count). The summed E-state index contributed by atoms with van der Waals surface area (Å²) in [7, 11) is 1.83. The predicted molar refractivity (Wildman–Crippen MR) is 115 cm³/mol. The van der Waals surface area contributed by atoms with Crippen LogP contribution >= 0.6 is 11.6 Å². The molecule has 5 nitrogen and oxygen atoms in total. The highest BCUT2D eigenvalue weighted by Crippen LogP contribution is 2.22. The molecule has 0 radical (unpaired) electrons. The van der Waals surface area contributed by atoms with Gasteiger partial charge in [-0.1, -0.05) is 50.6 Å². The maximum atomic E-state index is 12.4. The standard InChI is InChI=1S/C18H16ClN3O2.C4H10/c1-22-15-9-14(19)7-6-13(15)8-16(22)18(24)21-10-11-2-4-12(5-3-11)17(20)23;1-4(2)3/h2-9H,10H2,1H3,(H2,20,23)(H,21,24);4H,1-3H3. The van der Waals surface area contributed by atoms with Gasteiger partial charge in [-0.05, 0) is 41.8 Å². The fourth-order valence-corrected chi connectivity index (χ4v) is 2.75. The molecular formula is C22H26ClN3O2. The molecule has 1 aromatic heterocycles. The molecule has 0 saturated carbocycles. The number of aryl methyl sites for hydroxylation is 1. The van der Waals surface area contributed by atoms with Gasteiger partial charge in [0.2, 0.25) is 5.91 Å². The zero-order chi connectivity index (χ0) is 20.8. The first-order valence-corrected chi connectivity index (χ1v) is 9.48. The van der Waals surface area contributed by atoms with Crippen molar-refractivity contribution in [3.63, 3.8) is 0 Å². The molecule has 0 spiro atoms. The van der Waals surface area contributed by atoms with Crippen molar-refractivity contribution in [2.75, 3.05) is 0 Å². The van der Waals surface area contributed by atoms with Crippen molar-refractivity contribution >= 4 is 34.3 Å². The molecule has 1 heterocycles. The van der Waals surface area contributed by atoms with Gasteiger partial charge in [0.25, 0.3) is 5.91 Å². The third-order valence-corrected chi connectivity index (χ3v) is 4.17. The Morgan fingerprint density at radius 3 is 2.25 bits per heavy atom. The van der Waals surface area contributed by atoms with Gasteiger partial charge >= 0.3 is 0 Å². The van der Waals surface area contributed by atoms with Crippen molar-refractivity contribution in [3.8, 4) is 0 Å². The van der Waals surface area contributed by atoms with E-state index in [-0.39, 0.29) is 5.91 Å². The normalized spacial score (nSPS) is 10.5. The lowest BCUT2D eigenvalue weighted by atomic mass is 10.1. The Balaban J connectivity index is 0.000000640. The second kappa shape index (κ2) is 9.42. The smallest absolute Gasteiger partial charge is 0.268 e.